The molecule has 0 bridgehead atoms. The van der Waals surface area contributed by atoms with Crippen molar-refractivity contribution in [1.29, 1.82) is 0 Å². The molecular formula is C12H26N2S. The van der Waals surface area contributed by atoms with Crippen LogP contribution < -0.4 is 5.32 Å². The Balaban J connectivity index is 2.42. The molecule has 0 saturated carbocycles. The molecule has 2 atom stereocenters. The molecule has 1 heterocycles. The van der Waals surface area contributed by atoms with E-state index in [0.717, 1.165) is 12.0 Å². The fourth-order valence-corrected chi connectivity index (χ4v) is 2.71. The van der Waals surface area contributed by atoms with Gasteiger partial charge in [0.15, 0.2) is 0 Å². The highest BCUT2D eigenvalue weighted by molar-refractivity contribution is 7.98. The summed E-state index contributed by atoms with van der Waals surface area (Å²) in [5, 5.41) is 3.60. The topological polar surface area (TPSA) is 15.3 Å². The molecule has 1 aliphatic rings. The summed E-state index contributed by atoms with van der Waals surface area (Å²) in [6.45, 7) is 10.6. The standard InChI is InChI=1S/C12H26N2S/c1-10(2)7-12-8-13-11(3)9-14(12)5-6-15-4/h10-13H,5-9H2,1-4H3. The van der Waals surface area contributed by atoms with Crippen molar-refractivity contribution in [2.24, 2.45) is 5.92 Å². The van der Waals surface area contributed by atoms with Gasteiger partial charge in [-0.05, 0) is 25.5 Å². The predicted molar refractivity (Wildman–Crippen MR) is 70.7 cm³/mol. The van der Waals surface area contributed by atoms with E-state index in [2.05, 4.69) is 37.2 Å². The Bertz CT molecular complexity index is 173. The summed E-state index contributed by atoms with van der Waals surface area (Å²) in [6.07, 6.45) is 3.52. The van der Waals surface area contributed by atoms with Gasteiger partial charge in [0.2, 0.25) is 0 Å². The molecule has 1 saturated heterocycles. The van der Waals surface area contributed by atoms with Crippen molar-refractivity contribution in [2.45, 2.75) is 39.3 Å². The maximum atomic E-state index is 3.60. The van der Waals surface area contributed by atoms with Gasteiger partial charge >= 0.3 is 0 Å². The molecule has 1 aliphatic heterocycles. The zero-order valence-electron chi connectivity index (χ0n) is 10.6. The fraction of sp³-hybridized carbons (Fsp3) is 1.00. The minimum Gasteiger partial charge on any atom is -0.311 e. The van der Waals surface area contributed by atoms with E-state index in [-0.39, 0.29) is 0 Å². The zero-order valence-corrected chi connectivity index (χ0v) is 11.4. The van der Waals surface area contributed by atoms with Crippen LogP contribution in [0.3, 0.4) is 0 Å². The third-order valence-corrected chi connectivity index (χ3v) is 3.64. The average molecular weight is 230 g/mol. The first-order valence-corrected chi connectivity index (χ1v) is 7.49. The second-order valence-corrected chi connectivity index (χ2v) is 6.07. The Kier molecular flexibility index (Phi) is 6.02. The molecule has 1 rings (SSSR count). The van der Waals surface area contributed by atoms with Gasteiger partial charge < -0.3 is 5.32 Å². The van der Waals surface area contributed by atoms with Gasteiger partial charge in [-0.2, -0.15) is 11.8 Å². The van der Waals surface area contributed by atoms with Gasteiger partial charge in [0.25, 0.3) is 0 Å². The third-order valence-electron chi connectivity index (χ3n) is 3.05. The summed E-state index contributed by atoms with van der Waals surface area (Å²) in [7, 11) is 0. The molecule has 1 N–H and O–H groups in total. The van der Waals surface area contributed by atoms with Gasteiger partial charge in [-0.1, -0.05) is 13.8 Å². The molecule has 0 aliphatic carbocycles. The van der Waals surface area contributed by atoms with E-state index in [4.69, 9.17) is 0 Å². The lowest BCUT2D eigenvalue weighted by Crippen LogP contribution is -2.56. The second kappa shape index (κ2) is 6.77. The normalized spacial score (nSPS) is 28.6. The molecule has 2 unspecified atom stereocenters. The molecule has 90 valence electrons. The number of piperazine rings is 1. The summed E-state index contributed by atoms with van der Waals surface area (Å²) >= 11 is 1.96. The van der Waals surface area contributed by atoms with Crippen LogP contribution in [0.15, 0.2) is 0 Å². The van der Waals surface area contributed by atoms with Gasteiger partial charge in [-0.3, -0.25) is 4.90 Å². The average Bonchev–Trinajstić information content (AvgIpc) is 2.18. The Morgan fingerprint density at radius 1 is 1.47 bits per heavy atom. The Hall–Kier alpha value is 0.270. The molecule has 0 aromatic heterocycles. The highest BCUT2D eigenvalue weighted by Crippen LogP contribution is 2.15. The molecule has 2 nitrogen and oxygen atoms in total. The van der Waals surface area contributed by atoms with E-state index >= 15 is 0 Å². The Morgan fingerprint density at radius 3 is 2.80 bits per heavy atom. The van der Waals surface area contributed by atoms with Crippen molar-refractivity contribution < 1.29 is 0 Å². The van der Waals surface area contributed by atoms with Crippen molar-refractivity contribution in [3.05, 3.63) is 0 Å². The van der Waals surface area contributed by atoms with E-state index in [0.29, 0.717) is 6.04 Å². The van der Waals surface area contributed by atoms with Crippen LogP contribution in [0, 0.1) is 5.92 Å². The van der Waals surface area contributed by atoms with Crippen molar-refractivity contribution in [3.8, 4) is 0 Å². The van der Waals surface area contributed by atoms with Crippen LogP contribution in [0.5, 0.6) is 0 Å². The van der Waals surface area contributed by atoms with E-state index in [9.17, 15) is 0 Å². The van der Waals surface area contributed by atoms with Gasteiger partial charge in [0.1, 0.15) is 0 Å². The highest BCUT2D eigenvalue weighted by Gasteiger charge is 2.25. The number of nitrogens with one attached hydrogen (secondary N) is 1. The summed E-state index contributed by atoms with van der Waals surface area (Å²) in [6, 6.07) is 1.42. The monoisotopic (exact) mass is 230 g/mol. The minimum atomic E-state index is 0.662. The molecule has 0 amide bonds. The summed E-state index contributed by atoms with van der Waals surface area (Å²) in [5.74, 6) is 2.07. The van der Waals surface area contributed by atoms with Crippen molar-refractivity contribution in [2.75, 3.05) is 31.6 Å². The maximum Gasteiger partial charge on any atom is 0.0224 e. The van der Waals surface area contributed by atoms with Crippen LogP contribution in [-0.2, 0) is 0 Å². The van der Waals surface area contributed by atoms with Crippen LogP contribution in [-0.4, -0.2) is 48.6 Å². The zero-order chi connectivity index (χ0) is 11.3. The van der Waals surface area contributed by atoms with Crippen molar-refractivity contribution in [1.82, 2.24) is 10.2 Å². The number of hydrogen-bond acceptors (Lipinski definition) is 3. The molecular weight excluding hydrogens is 204 g/mol. The molecule has 0 aromatic carbocycles. The predicted octanol–water partition coefficient (Wildman–Crippen LogP) is 2.06. The maximum absolute atomic E-state index is 3.60. The lowest BCUT2D eigenvalue weighted by atomic mass is 9.99. The quantitative estimate of drug-likeness (QED) is 0.778. The van der Waals surface area contributed by atoms with Crippen LogP contribution in [0.1, 0.15) is 27.2 Å². The number of nitrogens with zero attached hydrogens (tertiary/aromatic N) is 1. The van der Waals surface area contributed by atoms with Crippen LogP contribution >= 0.6 is 11.8 Å². The smallest absolute Gasteiger partial charge is 0.0224 e. The van der Waals surface area contributed by atoms with Crippen LogP contribution in [0.4, 0.5) is 0 Å². The van der Waals surface area contributed by atoms with Gasteiger partial charge in [0.05, 0.1) is 0 Å². The number of thioether (sulfide) groups is 1. The molecule has 3 heteroatoms. The summed E-state index contributed by atoms with van der Waals surface area (Å²) in [5.41, 5.74) is 0. The summed E-state index contributed by atoms with van der Waals surface area (Å²) in [4.78, 5) is 2.68. The first-order valence-electron chi connectivity index (χ1n) is 6.09. The van der Waals surface area contributed by atoms with Crippen LogP contribution in [0.25, 0.3) is 0 Å². The minimum absolute atomic E-state index is 0.662. The molecule has 0 spiro atoms. The number of rotatable bonds is 5. The first-order chi connectivity index (χ1) is 7.13. The lowest BCUT2D eigenvalue weighted by molar-refractivity contribution is 0.127. The van der Waals surface area contributed by atoms with Crippen molar-refractivity contribution >= 4 is 11.8 Å². The van der Waals surface area contributed by atoms with Gasteiger partial charge in [-0.25, -0.2) is 0 Å². The lowest BCUT2D eigenvalue weighted by Gasteiger charge is -2.40. The SMILES string of the molecule is CSCCN1CC(C)NCC1CC(C)C. The molecule has 1 fully saturated rings. The van der Waals surface area contributed by atoms with E-state index in [1.165, 1.54) is 31.8 Å². The van der Waals surface area contributed by atoms with Crippen molar-refractivity contribution in [3.63, 3.8) is 0 Å². The molecule has 0 radical (unpaired) electrons. The Morgan fingerprint density at radius 2 is 2.20 bits per heavy atom. The van der Waals surface area contributed by atoms with Gasteiger partial charge in [-0.15, -0.1) is 0 Å². The van der Waals surface area contributed by atoms with E-state index in [1.807, 2.05) is 11.8 Å². The van der Waals surface area contributed by atoms with Crippen LogP contribution in [0.2, 0.25) is 0 Å². The summed E-state index contributed by atoms with van der Waals surface area (Å²) < 4.78 is 0. The van der Waals surface area contributed by atoms with Gasteiger partial charge in [0, 0.05) is 37.5 Å². The van der Waals surface area contributed by atoms with E-state index in [1.54, 1.807) is 0 Å². The molecule has 0 aromatic rings. The molecule has 15 heavy (non-hydrogen) atoms. The second-order valence-electron chi connectivity index (χ2n) is 5.08. The van der Waals surface area contributed by atoms with E-state index < -0.39 is 0 Å². The highest BCUT2D eigenvalue weighted by atomic mass is 32.2. The Labute approximate surface area is 99.2 Å². The number of hydrogen-bond donors (Lipinski definition) is 1. The fourth-order valence-electron chi connectivity index (χ4n) is 2.29. The largest absolute Gasteiger partial charge is 0.311 e. The first kappa shape index (κ1) is 13.3. The third kappa shape index (κ3) is 4.75.